The van der Waals surface area contributed by atoms with Crippen LogP contribution in [0.1, 0.15) is 11.3 Å². The van der Waals surface area contributed by atoms with Crippen LogP contribution in [-0.2, 0) is 0 Å². The van der Waals surface area contributed by atoms with Crippen molar-refractivity contribution in [2.24, 2.45) is 5.73 Å². The van der Waals surface area contributed by atoms with E-state index in [1.165, 1.54) is 12.1 Å². The molecule has 0 spiro atoms. The van der Waals surface area contributed by atoms with Crippen molar-refractivity contribution in [3.63, 3.8) is 0 Å². The first kappa shape index (κ1) is 21.4. The lowest BCUT2D eigenvalue weighted by Gasteiger charge is -2.37. The first-order valence-electron chi connectivity index (χ1n) is 11.8. The van der Waals surface area contributed by atoms with E-state index < -0.39 is 0 Å². The van der Waals surface area contributed by atoms with E-state index >= 15 is 0 Å². The molecule has 7 rings (SSSR count). The maximum absolute atomic E-state index is 13.5. The Morgan fingerprint density at radius 3 is 2.70 bits per heavy atom. The lowest BCUT2D eigenvalue weighted by atomic mass is 10.0. The number of nitrogens with two attached hydrogens (primary N) is 1. The standard InChI is InChI=1S/C26H21FN10/c27-16-5-3-14(4-6-16)18-2-1-7-30-25-22(18)33-26(34-25)23-19-8-15(9-31-24(19)36-35-23)20-10-29-11-21(32-20)37-12-17(28)13-37/h1-11,17,30H,12-13,28H2,(H,33,34)(H,31,35,36). The molecule has 0 saturated carbocycles. The van der Waals surface area contributed by atoms with Crippen molar-refractivity contribution >= 4 is 28.2 Å². The number of imidazole rings is 1. The monoisotopic (exact) mass is 492 g/mol. The van der Waals surface area contributed by atoms with E-state index in [1.54, 1.807) is 36.9 Å². The molecule has 4 aromatic heterocycles. The van der Waals surface area contributed by atoms with Gasteiger partial charge in [-0.3, -0.25) is 10.1 Å². The third-order valence-electron chi connectivity index (χ3n) is 6.51. The number of nitrogens with one attached hydrogen (secondary N) is 3. The van der Waals surface area contributed by atoms with Crippen LogP contribution in [0, 0.1) is 5.82 Å². The highest BCUT2D eigenvalue weighted by atomic mass is 19.1. The Morgan fingerprint density at radius 1 is 1.00 bits per heavy atom. The maximum Gasteiger partial charge on any atom is 0.181 e. The Morgan fingerprint density at radius 2 is 1.86 bits per heavy atom. The number of aromatic amines is 2. The molecule has 2 aliphatic heterocycles. The normalized spacial score (nSPS) is 15.2. The van der Waals surface area contributed by atoms with Crippen molar-refractivity contribution in [3.05, 3.63) is 84.3 Å². The van der Waals surface area contributed by atoms with Crippen molar-refractivity contribution < 1.29 is 4.39 Å². The molecule has 0 radical (unpaired) electrons. The summed E-state index contributed by atoms with van der Waals surface area (Å²) >= 11 is 0. The molecule has 5 N–H and O–H groups in total. The van der Waals surface area contributed by atoms with Gasteiger partial charge in [-0.25, -0.2) is 19.3 Å². The van der Waals surface area contributed by atoms with Crippen LogP contribution in [0.4, 0.5) is 16.0 Å². The van der Waals surface area contributed by atoms with Crippen LogP contribution in [0.15, 0.2) is 67.3 Å². The number of halogens is 1. The molecule has 0 atom stereocenters. The van der Waals surface area contributed by atoms with E-state index in [-0.39, 0.29) is 11.9 Å². The van der Waals surface area contributed by atoms with Gasteiger partial charge < -0.3 is 20.9 Å². The fraction of sp³-hybridized carbons (Fsp3) is 0.115. The minimum absolute atomic E-state index is 0.170. The predicted octanol–water partition coefficient (Wildman–Crippen LogP) is 3.46. The van der Waals surface area contributed by atoms with Gasteiger partial charge in [0.05, 0.1) is 29.2 Å². The quantitative estimate of drug-likeness (QED) is 0.299. The third kappa shape index (κ3) is 3.72. The number of pyridine rings is 1. The van der Waals surface area contributed by atoms with Gasteiger partial charge in [0.2, 0.25) is 0 Å². The molecule has 11 heteroatoms. The van der Waals surface area contributed by atoms with E-state index in [4.69, 9.17) is 15.7 Å². The lowest BCUT2D eigenvalue weighted by Crippen LogP contribution is -2.56. The fourth-order valence-corrected chi connectivity index (χ4v) is 4.58. The van der Waals surface area contributed by atoms with Crippen LogP contribution in [0.25, 0.3) is 39.4 Å². The van der Waals surface area contributed by atoms with E-state index in [0.717, 1.165) is 46.7 Å². The first-order valence-corrected chi connectivity index (χ1v) is 11.8. The topological polar surface area (TPSA) is 137 Å². The molecule has 2 aliphatic rings. The second-order valence-electron chi connectivity index (χ2n) is 9.02. The molecule has 37 heavy (non-hydrogen) atoms. The smallest absolute Gasteiger partial charge is 0.181 e. The molecule has 10 nitrogen and oxygen atoms in total. The summed E-state index contributed by atoms with van der Waals surface area (Å²) in [6.07, 6.45) is 10.8. The van der Waals surface area contributed by atoms with Crippen LogP contribution < -0.4 is 16.0 Å². The van der Waals surface area contributed by atoms with E-state index in [0.29, 0.717) is 28.7 Å². The van der Waals surface area contributed by atoms with Crippen LogP contribution in [-0.4, -0.2) is 54.2 Å². The zero-order chi connectivity index (χ0) is 24.9. The van der Waals surface area contributed by atoms with Crippen molar-refractivity contribution in [1.29, 1.82) is 0 Å². The van der Waals surface area contributed by atoms with Gasteiger partial charge in [0.1, 0.15) is 17.3 Å². The van der Waals surface area contributed by atoms with Crippen LogP contribution >= 0.6 is 0 Å². The van der Waals surface area contributed by atoms with Crippen LogP contribution in [0.5, 0.6) is 0 Å². The third-order valence-corrected chi connectivity index (χ3v) is 6.51. The summed E-state index contributed by atoms with van der Waals surface area (Å²) in [4.78, 5) is 24.0. The Labute approximate surface area is 210 Å². The molecular weight excluding hydrogens is 471 g/mol. The number of anilines is 2. The van der Waals surface area contributed by atoms with Crippen molar-refractivity contribution in [2.75, 3.05) is 23.3 Å². The van der Waals surface area contributed by atoms with E-state index in [1.807, 2.05) is 18.2 Å². The SMILES string of the molecule is NC1CN(c2cncc(-c3cnc4n[nH]c(-c5nc6c([nH]5)C(c5ccc(F)cc5)=CC=CN6)c4c3)n2)C1. The average Bonchev–Trinajstić information content (AvgIpc) is 3.46. The van der Waals surface area contributed by atoms with Crippen LogP contribution in [0.3, 0.4) is 0 Å². The number of hydrogen-bond donors (Lipinski definition) is 4. The summed E-state index contributed by atoms with van der Waals surface area (Å²) in [5, 5.41) is 11.4. The highest BCUT2D eigenvalue weighted by Gasteiger charge is 2.25. The molecule has 1 saturated heterocycles. The zero-order valence-electron chi connectivity index (χ0n) is 19.5. The van der Waals surface area contributed by atoms with Gasteiger partial charge in [-0.1, -0.05) is 18.2 Å². The van der Waals surface area contributed by atoms with E-state index in [9.17, 15) is 4.39 Å². The number of allylic oxidation sites excluding steroid dienone is 2. The van der Waals surface area contributed by atoms with Crippen molar-refractivity contribution in [2.45, 2.75) is 6.04 Å². The van der Waals surface area contributed by atoms with Gasteiger partial charge in [-0.05, 0) is 29.8 Å². The van der Waals surface area contributed by atoms with Gasteiger partial charge in [0.25, 0.3) is 0 Å². The second-order valence-corrected chi connectivity index (χ2v) is 9.02. The molecule has 0 aliphatic carbocycles. The molecule has 182 valence electrons. The first-order chi connectivity index (χ1) is 18.1. The molecule has 5 aromatic rings. The molecular formula is C26H21FN10. The summed E-state index contributed by atoms with van der Waals surface area (Å²) in [5.74, 6) is 1.75. The Kier molecular flexibility index (Phi) is 4.83. The fourth-order valence-electron chi connectivity index (χ4n) is 4.58. The highest BCUT2D eigenvalue weighted by molar-refractivity contribution is 5.93. The minimum atomic E-state index is -0.284. The maximum atomic E-state index is 13.5. The van der Waals surface area contributed by atoms with Crippen molar-refractivity contribution in [3.8, 4) is 22.8 Å². The number of aromatic nitrogens is 7. The summed E-state index contributed by atoms with van der Waals surface area (Å²) in [7, 11) is 0. The molecule has 0 amide bonds. The molecule has 0 unspecified atom stereocenters. The molecule has 6 heterocycles. The Hall–Kier alpha value is -4.90. The Bertz CT molecular complexity index is 1690. The predicted molar refractivity (Wildman–Crippen MR) is 139 cm³/mol. The number of fused-ring (bicyclic) bond motifs is 2. The lowest BCUT2D eigenvalue weighted by molar-refractivity contribution is 0.514. The number of benzene rings is 1. The highest BCUT2D eigenvalue weighted by Crippen LogP contribution is 2.34. The van der Waals surface area contributed by atoms with Gasteiger partial charge in [-0.15, -0.1) is 0 Å². The summed E-state index contributed by atoms with van der Waals surface area (Å²) in [6, 6.07) is 8.53. The molecule has 1 aromatic carbocycles. The minimum Gasteiger partial charge on any atom is -0.352 e. The number of rotatable bonds is 4. The molecule has 0 bridgehead atoms. The Balaban J connectivity index is 1.28. The number of hydrogen-bond acceptors (Lipinski definition) is 8. The van der Waals surface area contributed by atoms with Gasteiger partial charge >= 0.3 is 0 Å². The van der Waals surface area contributed by atoms with Crippen LogP contribution in [0.2, 0.25) is 0 Å². The largest absolute Gasteiger partial charge is 0.352 e. The summed E-state index contributed by atoms with van der Waals surface area (Å²) < 4.78 is 13.5. The van der Waals surface area contributed by atoms with Gasteiger partial charge in [0.15, 0.2) is 17.3 Å². The van der Waals surface area contributed by atoms with E-state index in [2.05, 4.69) is 35.4 Å². The average molecular weight is 493 g/mol. The summed E-state index contributed by atoms with van der Waals surface area (Å²) in [5.41, 5.74) is 11.2. The number of nitrogens with zero attached hydrogens (tertiary/aromatic N) is 6. The van der Waals surface area contributed by atoms with Crippen molar-refractivity contribution in [1.82, 2.24) is 35.1 Å². The van der Waals surface area contributed by atoms with Gasteiger partial charge in [-0.2, -0.15) is 5.10 Å². The summed E-state index contributed by atoms with van der Waals surface area (Å²) in [6.45, 7) is 1.53. The zero-order valence-corrected chi connectivity index (χ0v) is 19.5. The second kappa shape index (κ2) is 8.35. The van der Waals surface area contributed by atoms with Gasteiger partial charge in [0, 0.05) is 42.7 Å². The number of H-pyrrole nitrogens is 2. The molecule has 1 fully saturated rings.